The van der Waals surface area contributed by atoms with Gasteiger partial charge in [-0.3, -0.25) is 4.79 Å². The molecule has 1 aromatic carbocycles. The summed E-state index contributed by atoms with van der Waals surface area (Å²) in [5.41, 5.74) is 0.691. The molecule has 1 amide bonds. The second-order valence-electron chi connectivity index (χ2n) is 4.94. The molecule has 1 aliphatic carbocycles. The summed E-state index contributed by atoms with van der Waals surface area (Å²) in [5, 5.41) is 4.10. The third-order valence-corrected chi connectivity index (χ3v) is 5.70. The van der Waals surface area contributed by atoms with E-state index in [-0.39, 0.29) is 5.91 Å². The van der Waals surface area contributed by atoms with Crippen molar-refractivity contribution in [1.82, 2.24) is 5.32 Å². The Morgan fingerprint density at radius 1 is 1.26 bits per heavy atom. The average Bonchev–Trinajstić information content (AvgIpc) is 2.83. The van der Waals surface area contributed by atoms with Gasteiger partial charge in [-0.25, -0.2) is 0 Å². The molecule has 0 aliphatic heterocycles. The lowest BCUT2D eigenvalue weighted by Gasteiger charge is -2.18. The lowest BCUT2D eigenvalue weighted by Crippen LogP contribution is -2.31. The lowest BCUT2D eigenvalue weighted by molar-refractivity contribution is 0.0944. The summed E-state index contributed by atoms with van der Waals surface area (Å²) in [5.74, 6) is 1.31. The lowest BCUT2D eigenvalue weighted by atomic mass is 9.98. The topological polar surface area (TPSA) is 29.1 Å². The maximum atomic E-state index is 12.2. The molecule has 0 bridgehead atoms. The SMILES string of the molecule is O=C(NCC1CCCC1CBr)c1ccc(Br)cc1Br. The molecule has 2 nitrogen and oxygen atoms in total. The number of amides is 1. The average molecular weight is 454 g/mol. The summed E-state index contributed by atoms with van der Waals surface area (Å²) < 4.78 is 1.79. The van der Waals surface area contributed by atoms with Crippen molar-refractivity contribution >= 4 is 53.7 Å². The molecule has 0 saturated heterocycles. The van der Waals surface area contributed by atoms with E-state index in [0.717, 1.165) is 20.8 Å². The van der Waals surface area contributed by atoms with Gasteiger partial charge in [0.1, 0.15) is 0 Å². The highest BCUT2D eigenvalue weighted by molar-refractivity contribution is 9.11. The standard InChI is InChI=1S/C14H16Br3NO/c15-7-9-2-1-3-10(9)8-18-14(19)12-5-4-11(16)6-13(12)17/h4-6,9-10H,1-3,7-8H2,(H,18,19). The first-order chi connectivity index (χ1) is 9.11. The van der Waals surface area contributed by atoms with Crippen LogP contribution in [-0.4, -0.2) is 17.8 Å². The predicted molar refractivity (Wildman–Crippen MR) is 88.8 cm³/mol. The number of hydrogen-bond donors (Lipinski definition) is 1. The van der Waals surface area contributed by atoms with Crippen molar-refractivity contribution in [3.63, 3.8) is 0 Å². The zero-order valence-electron chi connectivity index (χ0n) is 10.5. The van der Waals surface area contributed by atoms with Gasteiger partial charge in [0, 0.05) is 20.8 Å². The van der Waals surface area contributed by atoms with Crippen LogP contribution in [0, 0.1) is 11.8 Å². The number of rotatable bonds is 4. The van der Waals surface area contributed by atoms with Gasteiger partial charge < -0.3 is 5.32 Å². The summed E-state index contributed by atoms with van der Waals surface area (Å²) in [6.07, 6.45) is 3.77. The van der Waals surface area contributed by atoms with Crippen LogP contribution in [0.4, 0.5) is 0 Å². The molecule has 0 radical (unpaired) electrons. The summed E-state index contributed by atoms with van der Waals surface area (Å²) >= 11 is 10.4. The Morgan fingerprint density at radius 3 is 2.68 bits per heavy atom. The van der Waals surface area contributed by atoms with Crippen molar-refractivity contribution in [3.05, 3.63) is 32.7 Å². The molecule has 19 heavy (non-hydrogen) atoms. The van der Waals surface area contributed by atoms with Crippen molar-refractivity contribution in [3.8, 4) is 0 Å². The molecule has 1 aliphatic rings. The Morgan fingerprint density at radius 2 is 2.00 bits per heavy atom. The molecule has 0 spiro atoms. The third-order valence-electron chi connectivity index (χ3n) is 3.72. The normalized spacial score (nSPS) is 22.5. The molecule has 1 N–H and O–H groups in total. The van der Waals surface area contributed by atoms with E-state index in [2.05, 4.69) is 53.1 Å². The number of benzene rings is 1. The van der Waals surface area contributed by atoms with E-state index >= 15 is 0 Å². The van der Waals surface area contributed by atoms with Crippen LogP contribution in [0.25, 0.3) is 0 Å². The van der Waals surface area contributed by atoms with Crippen molar-refractivity contribution < 1.29 is 4.79 Å². The minimum Gasteiger partial charge on any atom is -0.352 e. The van der Waals surface area contributed by atoms with Gasteiger partial charge in [0.15, 0.2) is 0 Å². The molecule has 2 atom stereocenters. The molecular weight excluding hydrogens is 438 g/mol. The van der Waals surface area contributed by atoms with Gasteiger partial charge in [0.2, 0.25) is 0 Å². The predicted octanol–water partition coefficient (Wildman–Crippen LogP) is 4.75. The Labute approximate surface area is 139 Å². The molecule has 0 aromatic heterocycles. The molecule has 2 unspecified atom stereocenters. The van der Waals surface area contributed by atoms with Crippen molar-refractivity contribution in [2.24, 2.45) is 11.8 Å². The van der Waals surface area contributed by atoms with Crippen molar-refractivity contribution in [2.75, 3.05) is 11.9 Å². The fourth-order valence-electron chi connectivity index (χ4n) is 2.58. The first-order valence-corrected chi connectivity index (χ1v) is 9.11. The summed E-state index contributed by atoms with van der Waals surface area (Å²) in [4.78, 5) is 12.2. The van der Waals surface area contributed by atoms with E-state index in [9.17, 15) is 4.79 Å². The smallest absolute Gasteiger partial charge is 0.252 e. The van der Waals surface area contributed by atoms with E-state index in [4.69, 9.17) is 0 Å². The second kappa shape index (κ2) is 7.23. The Hall–Kier alpha value is 0.130. The maximum Gasteiger partial charge on any atom is 0.252 e. The van der Waals surface area contributed by atoms with Crippen LogP contribution < -0.4 is 5.32 Å². The molecular formula is C14H16Br3NO. The van der Waals surface area contributed by atoms with E-state index in [1.165, 1.54) is 19.3 Å². The van der Waals surface area contributed by atoms with Gasteiger partial charge >= 0.3 is 0 Å². The largest absolute Gasteiger partial charge is 0.352 e. The van der Waals surface area contributed by atoms with E-state index in [1.54, 1.807) is 0 Å². The third kappa shape index (κ3) is 4.05. The van der Waals surface area contributed by atoms with Gasteiger partial charge in [-0.2, -0.15) is 0 Å². The van der Waals surface area contributed by atoms with Gasteiger partial charge in [-0.1, -0.05) is 38.3 Å². The highest BCUT2D eigenvalue weighted by Gasteiger charge is 2.26. The number of carbonyl (C=O) groups is 1. The van der Waals surface area contributed by atoms with E-state index < -0.39 is 0 Å². The van der Waals surface area contributed by atoms with E-state index in [0.29, 0.717) is 17.4 Å². The van der Waals surface area contributed by atoms with Crippen LogP contribution in [-0.2, 0) is 0 Å². The fraction of sp³-hybridized carbons (Fsp3) is 0.500. The molecule has 2 rings (SSSR count). The van der Waals surface area contributed by atoms with Gasteiger partial charge in [0.05, 0.1) is 5.56 Å². The monoisotopic (exact) mass is 451 g/mol. The van der Waals surface area contributed by atoms with Crippen LogP contribution in [0.3, 0.4) is 0 Å². The van der Waals surface area contributed by atoms with Crippen LogP contribution in [0.15, 0.2) is 27.1 Å². The van der Waals surface area contributed by atoms with E-state index in [1.807, 2.05) is 18.2 Å². The number of halogens is 3. The Bertz CT molecular complexity index is 464. The highest BCUT2D eigenvalue weighted by Crippen LogP contribution is 2.32. The molecule has 1 aromatic rings. The quantitative estimate of drug-likeness (QED) is 0.655. The fourth-order valence-corrected chi connectivity index (χ4v) is 4.66. The highest BCUT2D eigenvalue weighted by atomic mass is 79.9. The first-order valence-electron chi connectivity index (χ1n) is 6.41. The molecule has 1 saturated carbocycles. The maximum absolute atomic E-state index is 12.2. The molecule has 104 valence electrons. The van der Waals surface area contributed by atoms with Crippen LogP contribution in [0.5, 0.6) is 0 Å². The minimum absolute atomic E-state index is 0.000373. The summed E-state index contributed by atoms with van der Waals surface area (Å²) in [7, 11) is 0. The summed E-state index contributed by atoms with van der Waals surface area (Å²) in [6, 6.07) is 5.61. The first kappa shape index (κ1) is 15.5. The second-order valence-corrected chi connectivity index (χ2v) is 7.36. The zero-order chi connectivity index (χ0) is 13.8. The van der Waals surface area contributed by atoms with Gasteiger partial charge in [-0.15, -0.1) is 0 Å². The van der Waals surface area contributed by atoms with Gasteiger partial charge in [-0.05, 0) is 58.8 Å². The number of nitrogens with one attached hydrogen (secondary N) is 1. The molecule has 5 heteroatoms. The minimum atomic E-state index is -0.000373. The van der Waals surface area contributed by atoms with Crippen molar-refractivity contribution in [2.45, 2.75) is 19.3 Å². The number of hydrogen-bond acceptors (Lipinski definition) is 1. The van der Waals surface area contributed by atoms with Crippen molar-refractivity contribution in [1.29, 1.82) is 0 Å². The molecule has 1 fully saturated rings. The Kier molecular flexibility index (Phi) is 5.90. The zero-order valence-corrected chi connectivity index (χ0v) is 15.2. The summed E-state index contributed by atoms with van der Waals surface area (Å²) in [6.45, 7) is 0.775. The molecule has 0 heterocycles. The van der Waals surface area contributed by atoms with Gasteiger partial charge in [0.25, 0.3) is 5.91 Å². The van der Waals surface area contributed by atoms with Crippen LogP contribution in [0.2, 0.25) is 0 Å². The number of alkyl halides is 1. The van der Waals surface area contributed by atoms with Crippen LogP contribution >= 0.6 is 47.8 Å². The Balaban J connectivity index is 1.94. The number of carbonyl (C=O) groups excluding carboxylic acids is 1. The van der Waals surface area contributed by atoms with Crippen LogP contribution in [0.1, 0.15) is 29.6 Å².